The molecule has 0 aliphatic carbocycles. The van der Waals surface area contributed by atoms with Crippen molar-refractivity contribution in [3.63, 3.8) is 0 Å². The average molecular weight is 565 g/mol. The van der Waals surface area contributed by atoms with Crippen LogP contribution in [0.5, 0.6) is 11.5 Å². The highest BCUT2D eigenvalue weighted by Gasteiger charge is 2.25. The monoisotopic (exact) mass is 564 g/mol. The molecule has 0 aliphatic heterocycles. The minimum absolute atomic E-state index is 0. The van der Waals surface area contributed by atoms with Gasteiger partial charge in [0, 0.05) is 18.3 Å². The summed E-state index contributed by atoms with van der Waals surface area (Å²) in [5.41, 5.74) is 8.08. The Morgan fingerprint density at radius 3 is 2.55 bits per heavy atom. The Hall–Kier alpha value is -3.81. The first-order valence-electron chi connectivity index (χ1n) is 11.4. The van der Waals surface area contributed by atoms with Crippen LogP contribution in [-0.4, -0.2) is 50.0 Å². The van der Waals surface area contributed by atoms with E-state index in [1.165, 1.54) is 14.2 Å². The number of aromatic nitrogens is 3. The van der Waals surface area contributed by atoms with E-state index in [1.54, 1.807) is 41.3 Å². The molecule has 14 heteroatoms. The number of anilines is 1. The van der Waals surface area contributed by atoms with Gasteiger partial charge in [0.25, 0.3) is 10.0 Å². The highest BCUT2D eigenvalue weighted by Crippen LogP contribution is 2.36. The second-order valence-corrected chi connectivity index (χ2v) is 9.82. The number of benzene rings is 2. The number of halogens is 1. The van der Waals surface area contributed by atoms with Crippen LogP contribution in [0.2, 0.25) is 0 Å². The van der Waals surface area contributed by atoms with E-state index in [2.05, 4.69) is 20.3 Å². The fraction of sp³-hybridized carbons (Fsp3) is 0.292. The number of ether oxygens (including phenoxy) is 2. The van der Waals surface area contributed by atoms with E-state index in [9.17, 15) is 13.2 Å². The first-order valence-corrected chi connectivity index (χ1v) is 12.9. The van der Waals surface area contributed by atoms with Crippen molar-refractivity contribution in [3.05, 3.63) is 59.4 Å². The van der Waals surface area contributed by atoms with Crippen LogP contribution >= 0.6 is 12.4 Å². The fourth-order valence-electron chi connectivity index (χ4n) is 3.79. The van der Waals surface area contributed by atoms with Gasteiger partial charge in [-0.15, -0.1) is 12.4 Å². The zero-order valence-electron chi connectivity index (χ0n) is 21.1. The van der Waals surface area contributed by atoms with Gasteiger partial charge in [0.05, 0.1) is 33.5 Å². The molecule has 2 aromatic carbocycles. The largest absolute Gasteiger partial charge is 0.496 e. The first kappa shape index (κ1) is 28.8. The number of fused-ring (bicyclic) bond motifs is 1. The van der Waals surface area contributed by atoms with E-state index in [1.807, 2.05) is 13.0 Å². The Kier molecular flexibility index (Phi) is 9.20. The van der Waals surface area contributed by atoms with E-state index < -0.39 is 10.0 Å². The molecule has 0 saturated heterocycles. The van der Waals surface area contributed by atoms with Crippen molar-refractivity contribution in [1.29, 1.82) is 0 Å². The Morgan fingerprint density at radius 1 is 1.11 bits per heavy atom. The Morgan fingerprint density at radius 2 is 1.87 bits per heavy atom. The molecule has 2 heterocycles. The predicted octanol–water partition coefficient (Wildman–Crippen LogP) is 2.45. The van der Waals surface area contributed by atoms with Crippen LogP contribution in [0.4, 0.5) is 5.82 Å². The Labute approximate surface area is 225 Å². The molecule has 204 valence electrons. The van der Waals surface area contributed by atoms with Crippen LogP contribution in [0.15, 0.2) is 52.1 Å². The van der Waals surface area contributed by atoms with Crippen LogP contribution in [0, 0.1) is 0 Å². The number of hydrogen-bond acceptors (Lipinski definition) is 9. The van der Waals surface area contributed by atoms with Crippen molar-refractivity contribution in [2.24, 2.45) is 5.73 Å². The zero-order chi connectivity index (χ0) is 26.6. The van der Waals surface area contributed by atoms with Crippen molar-refractivity contribution in [2.75, 3.05) is 25.5 Å². The maximum atomic E-state index is 13.3. The lowest BCUT2D eigenvalue weighted by Gasteiger charge is -2.12. The summed E-state index contributed by atoms with van der Waals surface area (Å²) >= 11 is 0. The number of nitrogens with two attached hydrogens (primary N) is 1. The highest BCUT2D eigenvalue weighted by atomic mass is 35.5. The molecule has 0 spiro atoms. The molecule has 12 nitrogen and oxygen atoms in total. The average Bonchev–Trinajstić information content (AvgIpc) is 3.52. The van der Waals surface area contributed by atoms with Crippen molar-refractivity contribution in [3.8, 4) is 11.5 Å². The Balaban J connectivity index is 0.00000400. The molecule has 0 saturated carbocycles. The minimum Gasteiger partial charge on any atom is -0.496 e. The summed E-state index contributed by atoms with van der Waals surface area (Å²) in [6.07, 6.45) is 4.11. The van der Waals surface area contributed by atoms with Crippen LogP contribution in [0.3, 0.4) is 0 Å². The predicted molar refractivity (Wildman–Crippen MR) is 143 cm³/mol. The number of nitrogens with zero attached hydrogens (tertiary/aromatic N) is 3. The van der Waals surface area contributed by atoms with Gasteiger partial charge in [-0.3, -0.25) is 14.2 Å². The van der Waals surface area contributed by atoms with Crippen LogP contribution in [-0.2, 0) is 34.3 Å². The van der Waals surface area contributed by atoms with Gasteiger partial charge in [-0.25, -0.2) is 8.42 Å². The molecular formula is C24H29ClN6O6S. The van der Waals surface area contributed by atoms with E-state index >= 15 is 0 Å². The topological polar surface area (TPSA) is 164 Å². The van der Waals surface area contributed by atoms with Gasteiger partial charge >= 0.3 is 0 Å². The standard InChI is InChI=1S/C24H28N6O6S.ClH/c1-4-15-5-6-18(34-2)21(9-15)37(32,33)29-24-23-19(35-3)7-16(8-20(23)36-28-24)13-30-14-17(12-27-30)11-26-22(31)10-25;/h5-9,12,14H,4,10-11,13,25H2,1-3H3,(H,26,31)(H,28,29);1H. The van der Waals surface area contributed by atoms with Crippen molar-refractivity contribution in [2.45, 2.75) is 31.3 Å². The molecule has 1 amide bonds. The number of carbonyl (C=O) groups is 1. The molecule has 0 aliphatic rings. The van der Waals surface area contributed by atoms with E-state index in [0.717, 1.165) is 16.7 Å². The molecule has 38 heavy (non-hydrogen) atoms. The fourth-order valence-corrected chi connectivity index (χ4v) is 5.02. The van der Waals surface area contributed by atoms with Gasteiger partial charge in [-0.2, -0.15) is 5.10 Å². The highest BCUT2D eigenvalue weighted by molar-refractivity contribution is 7.92. The smallest absolute Gasteiger partial charge is 0.266 e. The number of amides is 1. The molecule has 0 fully saturated rings. The van der Waals surface area contributed by atoms with Crippen LogP contribution < -0.4 is 25.2 Å². The number of carbonyl (C=O) groups excluding carboxylic acids is 1. The van der Waals surface area contributed by atoms with Gasteiger partial charge in [0.15, 0.2) is 11.4 Å². The number of rotatable bonds is 11. The number of sulfonamides is 1. The van der Waals surface area contributed by atoms with Crippen LogP contribution in [0.25, 0.3) is 11.0 Å². The van der Waals surface area contributed by atoms with Gasteiger partial charge in [0.1, 0.15) is 21.8 Å². The number of aryl methyl sites for hydroxylation is 1. The SMILES string of the molecule is CCc1ccc(OC)c(S(=O)(=O)Nc2noc3cc(Cn4cc(CNC(=O)CN)cn4)cc(OC)c23)c1.Cl. The van der Waals surface area contributed by atoms with E-state index in [0.29, 0.717) is 36.2 Å². The summed E-state index contributed by atoms with van der Waals surface area (Å²) in [4.78, 5) is 11.4. The third-order valence-corrected chi connectivity index (χ3v) is 7.04. The quantitative estimate of drug-likeness (QED) is 0.248. The molecule has 0 radical (unpaired) electrons. The first-order chi connectivity index (χ1) is 17.8. The van der Waals surface area contributed by atoms with Gasteiger partial charge in [-0.1, -0.05) is 18.1 Å². The van der Waals surface area contributed by atoms with Crippen molar-refractivity contribution >= 4 is 45.1 Å². The maximum absolute atomic E-state index is 13.3. The maximum Gasteiger partial charge on any atom is 0.266 e. The summed E-state index contributed by atoms with van der Waals surface area (Å²) < 4.78 is 47.0. The molecule has 4 aromatic rings. The minimum atomic E-state index is -4.05. The third kappa shape index (κ3) is 6.18. The number of methoxy groups -OCH3 is 2. The van der Waals surface area contributed by atoms with Crippen LogP contribution in [0.1, 0.15) is 23.6 Å². The summed E-state index contributed by atoms with van der Waals surface area (Å²) in [5, 5.41) is 11.3. The summed E-state index contributed by atoms with van der Waals surface area (Å²) in [6.45, 7) is 2.54. The second-order valence-electron chi connectivity index (χ2n) is 8.17. The second kappa shape index (κ2) is 12.2. The summed E-state index contributed by atoms with van der Waals surface area (Å²) in [7, 11) is -1.16. The number of nitrogens with one attached hydrogen (secondary N) is 2. The van der Waals surface area contributed by atoms with Crippen molar-refractivity contribution in [1.82, 2.24) is 20.3 Å². The normalized spacial score (nSPS) is 11.2. The lowest BCUT2D eigenvalue weighted by molar-refractivity contribution is -0.119. The molecule has 0 atom stereocenters. The van der Waals surface area contributed by atoms with Gasteiger partial charge < -0.3 is 25.0 Å². The summed E-state index contributed by atoms with van der Waals surface area (Å²) in [5.74, 6) is 0.340. The van der Waals surface area contributed by atoms with Gasteiger partial charge in [-0.05, 0) is 41.8 Å². The molecule has 0 bridgehead atoms. The molecular weight excluding hydrogens is 536 g/mol. The van der Waals surface area contributed by atoms with Gasteiger partial charge in [0.2, 0.25) is 5.91 Å². The van der Waals surface area contributed by atoms with E-state index in [-0.39, 0.29) is 41.3 Å². The number of hydrogen-bond donors (Lipinski definition) is 3. The Bertz CT molecular complexity index is 1530. The van der Waals surface area contributed by atoms with E-state index in [4.69, 9.17) is 19.7 Å². The summed E-state index contributed by atoms with van der Waals surface area (Å²) in [6, 6.07) is 8.49. The molecule has 2 aromatic heterocycles. The lowest BCUT2D eigenvalue weighted by atomic mass is 10.1. The lowest BCUT2D eigenvalue weighted by Crippen LogP contribution is -2.29. The van der Waals surface area contributed by atoms with Crippen molar-refractivity contribution < 1.29 is 27.2 Å². The molecule has 4 N–H and O–H groups in total. The molecule has 0 unspecified atom stereocenters. The molecule has 4 rings (SSSR count). The zero-order valence-corrected chi connectivity index (χ0v) is 22.7. The third-order valence-electron chi connectivity index (χ3n) is 5.68.